The first-order valence-corrected chi connectivity index (χ1v) is 9.92. The Morgan fingerprint density at radius 2 is 1.88 bits per heavy atom. The smallest absolute Gasteiger partial charge is 0.244 e. The van der Waals surface area contributed by atoms with Crippen LogP contribution >= 0.6 is 11.3 Å². The van der Waals surface area contributed by atoms with Crippen molar-refractivity contribution in [2.24, 2.45) is 5.92 Å². The summed E-state index contributed by atoms with van der Waals surface area (Å²) in [6.45, 7) is 5.42. The molecule has 2 aromatic rings. The molecule has 0 saturated carbocycles. The summed E-state index contributed by atoms with van der Waals surface area (Å²) in [5, 5.41) is 3.10. The summed E-state index contributed by atoms with van der Waals surface area (Å²) in [5.74, 6) is -0.133. The lowest BCUT2D eigenvalue weighted by Gasteiger charge is -2.21. The van der Waals surface area contributed by atoms with Crippen LogP contribution in [0.4, 0.5) is 5.13 Å². The number of hydrogen-bond acceptors (Lipinski definition) is 6. The summed E-state index contributed by atoms with van der Waals surface area (Å²) in [6, 6.07) is 5.05. The molecule has 1 amide bonds. The molecule has 2 rings (SSSR count). The van der Waals surface area contributed by atoms with Crippen LogP contribution < -0.4 is 14.8 Å². The third-order valence-electron chi connectivity index (χ3n) is 3.45. The molecule has 0 aliphatic heterocycles. The van der Waals surface area contributed by atoms with E-state index in [1.807, 2.05) is 6.92 Å². The van der Waals surface area contributed by atoms with E-state index >= 15 is 0 Å². The topological polar surface area (TPSA) is 97.4 Å². The Morgan fingerprint density at radius 3 is 2.36 bits per heavy atom. The van der Waals surface area contributed by atoms with Gasteiger partial charge in [0.2, 0.25) is 15.9 Å². The minimum Gasteiger partial charge on any atom is -0.497 e. The van der Waals surface area contributed by atoms with Crippen molar-refractivity contribution in [3.8, 4) is 5.75 Å². The molecule has 1 atom stereocenters. The molecular weight excluding hydrogens is 362 g/mol. The highest BCUT2D eigenvalue weighted by Gasteiger charge is 2.29. The van der Waals surface area contributed by atoms with Crippen LogP contribution in [0.2, 0.25) is 0 Å². The van der Waals surface area contributed by atoms with Gasteiger partial charge in [-0.25, -0.2) is 13.4 Å². The van der Waals surface area contributed by atoms with E-state index in [1.54, 1.807) is 32.2 Å². The molecule has 1 aromatic carbocycles. The van der Waals surface area contributed by atoms with Crippen molar-refractivity contribution < 1.29 is 17.9 Å². The van der Waals surface area contributed by atoms with Gasteiger partial charge in [0.25, 0.3) is 0 Å². The van der Waals surface area contributed by atoms with Gasteiger partial charge in [0, 0.05) is 11.1 Å². The first-order chi connectivity index (χ1) is 11.7. The molecule has 0 aliphatic rings. The van der Waals surface area contributed by atoms with E-state index in [9.17, 15) is 13.2 Å². The molecule has 0 fully saturated rings. The van der Waals surface area contributed by atoms with Gasteiger partial charge in [0.15, 0.2) is 5.13 Å². The summed E-state index contributed by atoms with van der Waals surface area (Å²) in [7, 11) is -2.34. The Morgan fingerprint density at radius 1 is 1.24 bits per heavy atom. The number of carbonyl (C=O) groups excluding carboxylic acids is 1. The monoisotopic (exact) mass is 383 g/mol. The highest BCUT2D eigenvalue weighted by atomic mass is 32.2. The molecule has 0 radical (unpaired) electrons. The molecule has 0 spiro atoms. The predicted octanol–water partition coefficient (Wildman–Crippen LogP) is 2.40. The molecular formula is C16H21N3O4S2. The van der Waals surface area contributed by atoms with E-state index < -0.39 is 22.0 Å². The molecule has 9 heteroatoms. The predicted molar refractivity (Wildman–Crippen MR) is 97.4 cm³/mol. The summed E-state index contributed by atoms with van der Waals surface area (Å²) in [6.07, 6.45) is 1.65. The Balaban J connectivity index is 2.17. The zero-order chi connectivity index (χ0) is 18.6. The van der Waals surface area contributed by atoms with Gasteiger partial charge in [-0.1, -0.05) is 13.8 Å². The number of sulfonamides is 1. The van der Waals surface area contributed by atoms with E-state index in [4.69, 9.17) is 4.74 Å². The fourth-order valence-corrected chi connectivity index (χ4v) is 4.09. The van der Waals surface area contributed by atoms with Crippen molar-refractivity contribution in [3.05, 3.63) is 35.3 Å². The fourth-order valence-electron chi connectivity index (χ4n) is 2.08. The number of methoxy groups -OCH3 is 1. The van der Waals surface area contributed by atoms with E-state index in [0.29, 0.717) is 10.9 Å². The SMILES string of the molecule is COc1ccc(S(=O)(=O)N[C@H](C(=O)Nc2ncc(C)s2)C(C)C)cc1. The summed E-state index contributed by atoms with van der Waals surface area (Å²) in [5.41, 5.74) is 0. The average molecular weight is 383 g/mol. The second kappa shape index (κ2) is 7.94. The minimum absolute atomic E-state index is 0.0665. The molecule has 1 heterocycles. The van der Waals surface area contributed by atoms with Crippen molar-refractivity contribution in [2.75, 3.05) is 12.4 Å². The summed E-state index contributed by atoms with van der Waals surface area (Å²) < 4.78 is 32.6. The molecule has 7 nitrogen and oxygen atoms in total. The Hall–Kier alpha value is -1.97. The second-order valence-corrected chi connectivity index (χ2v) is 8.73. The number of anilines is 1. The lowest BCUT2D eigenvalue weighted by molar-refractivity contribution is -0.118. The number of thiazole rings is 1. The van der Waals surface area contributed by atoms with Crippen LogP contribution in [-0.2, 0) is 14.8 Å². The number of nitrogens with one attached hydrogen (secondary N) is 2. The van der Waals surface area contributed by atoms with Gasteiger partial charge in [-0.05, 0) is 37.1 Å². The number of rotatable bonds is 7. The molecule has 1 aromatic heterocycles. The van der Waals surface area contributed by atoms with E-state index in [0.717, 1.165) is 4.88 Å². The average Bonchev–Trinajstić information content (AvgIpc) is 2.97. The number of aryl methyl sites for hydroxylation is 1. The number of benzene rings is 1. The van der Waals surface area contributed by atoms with Gasteiger partial charge in [-0.2, -0.15) is 4.72 Å². The van der Waals surface area contributed by atoms with Crippen molar-refractivity contribution in [1.82, 2.24) is 9.71 Å². The van der Waals surface area contributed by atoms with Gasteiger partial charge < -0.3 is 10.1 Å². The number of nitrogens with zero attached hydrogens (tertiary/aromatic N) is 1. The molecule has 0 aliphatic carbocycles. The van der Waals surface area contributed by atoms with Crippen molar-refractivity contribution in [3.63, 3.8) is 0 Å². The zero-order valence-electron chi connectivity index (χ0n) is 14.4. The Labute approximate surface area is 151 Å². The van der Waals surface area contributed by atoms with Crippen LogP contribution in [0.1, 0.15) is 18.7 Å². The summed E-state index contributed by atoms with van der Waals surface area (Å²) >= 11 is 1.33. The van der Waals surface area contributed by atoms with Gasteiger partial charge in [0.05, 0.1) is 12.0 Å². The Bertz CT molecular complexity index is 829. The zero-order valence-corrected chi connectivity index (χ0v) is 16.1. The lowest BCUT2D eigenvalue weighted by atomic mass is 10.1. The van der Waals surface area contributed by atoms with Crippen molar-refractivity contribution in [1.29, 1.82) is 0 Å². The maximum absolute atomic E-state index is 12.6. The van der Waals surface area contributed by atoms with Crippen LogP contribution in [0.3, 0.4) is 0 Å². The fraction of sp³-hybridized carbons (Fsp3) is 0.375. The quantitative estimate of drug-likeness (QED) is 0.765. The van der Waals surface area contributed by atoms with E-state index in [-0.39, 0.29) is 10.8 Å². The third kappa shape index (κ3) is 5.00. The molecule has 25 heavy (non-hydrogen) atoms. The normalized spacial score (nSPS) is 12.8. The largest absolute Gasteiger partial charge is 0.497 e. The highest BCUT2D eigenvalue weighted by Crippen LogP contribution is 2.19. The minimum atomic E-state index is -3.84. The highest BCUT2D eigenvalue weighted by molar-refractivity contribution is 7.89. The van der Waals surface area contributed by atoms with Crippen LogP contribution in [0.25, 0.3) is 0 Å². The third-order valence-corrected chi connectivity index (χ3v) is 5.74. The van der Waals surface area contributed by atoms with Gasteiger partial charge in [-0.15, -0.1) is 11.3 Å². The number of aromatic nitrogens is 1. The first kappa shape index (κ1) is 19.4. The van der Waals surface area contributed by atoms with Crippen LogP contribution in [0.5, 0.6) is 5.75 Å². The number of carbonyl (C=O) groups is 1. The molecule has 0 saturated heterocycles. The maximum atomic E-state index is 12.6. The van der Waals surface area contributed by atoms with Crippen LogP contribution in [-0.4, -0.2) is 32.5 Å². The second-order valence-electron chi connectivity index (χ2n) is 5.78. The standard InChI is InChI=1S/C16H21N3O4S2/c1-10(2)14(15(20)18-16-17-9-11(3)24-16)19-25(21,22)13-7-5-12(23-4)6-8-13/h5-10,14,19H,1-4H3,(H,17,18,20)/t14-/m0/s1. The summed E-state index contributed by atoms with van der Waals surface area (Å²) in [4.78, 5) is 17.6. The number of hydrogen-bond donors (Lipinski definition) is 2. The lowest BCUT2D eigenvalue weighted by Crippen LogP contribution is -2.47. The Kier molecular flexibility index (Phi) is 6.15. The van der Waals surface area contributed by atoms with E-state index in [1.165, 1.54) is 30.6 Å². The number of ether oxygens (including phenoxy) is 1. The van der Waals surface area contributed by atoms with Crippen molar-refractivity contribution in [2.45, 2.75) is 31.7 Å². The van der Waals surface area contributed by atoms with E-state index in [2.05, 4.69) is 15.0 Å². The molecule has 136 valence electrons. The van der Waals surface area contributed by atoms with Gasteiger partial charge in [-0.3, -0.25) is 4.79 Å². The van der Waals surface area contributed by atoms with Gasteiger partial charge >= 0.3 is 0 Å². The number of amides is 1. The van der Waals surface area contributed by atoms with Crippen molar-refractivity contribution >= 4 is 32.4 Å². The first-order valence-electron chi connectivity index (χ1n) is 7.62. The maximum Gasteiger partial charge on any atom is 0.244 e. The molecule has 0 unspecified atom stereocenters. The van der Waals surface area contributed by atoms with Crippen LogP contribution in [0, 0.1) is 12.8 Å². The van der Waals surface area contributed by atoms with Crippen LogP contribution in [0.15, 0.2) is 35.4 Å². The van der Waals surface area contributed by atoms with Gasteiger partial charge in [0.1, 0.15) is 11.8 Å². The molecule has 2 N–H and O–H groups in total. The molecule has 0 bridgehead atoms.